The summed E-state index contributed by atoms with van der Waals surface area (Å²) in [4.78, 5) is 27.2. The van der Waals surface area contributed by atoms with Crippen molar-refractivity contribution in [1.29, 1.82) is 0 Å². The van der Waals surface area contributed by atoms with Crippen molar-refractivity contribution in [2.45, 2.75) is 44.7 Å². The third kappa shape index (κ3) is 5.77. The molecule has 1 aliphatic rings. The van der Waals surface area contributed by atoms with E-state index < -0.39 is 5.91 Å². The number of amides is 1. The Labute approximate surface area is 191 Å². The van der Waals surface area contributed by atoms with E-state index in [0.717, 1.165) is 34.7 Å². The summed E-state index contributed by atoms with van der Waals surface area (Å²) in [5.74, 6) is -0.412. The quantitative estimate of drug-likeness (QED) is 0.230. The van der Waals surface area contributed by atoms with Gasteiger partial charge in [-0.3, -0.25) is 14.5 Å². The van der Waals surface area contributed by atoms with Crippen molar-refractivity contribution in [2.75, 3.05) is 37.1 Å². The highest BCUT2D eigenvalue weighted by molar-refractivity contribution is 6.20. The minimum atomic E-state index is -0.412. The van der Waals surface area contributed by atoms with Crippen LogP contribution in [0.3, 0.4) is 0 Å². The first kappa shape index (κ1) is 23.5. The average Bonchev–Trinajstić information content (AvgIpc) is 2.83. The van der Waals surface area contributed by atoms with Gasteiger partial charge in [-0.2, -0.15) is 0 Å². The number of carbonyl (C=O) groups is 2. The number of anilines is 3. The molecule has 2 aromatic rings. The molecular formula is C26H34N4O2. The zero-order chi connectivity index (χ0) is 22.9. The van der Waals surface area contributed by atoms with E-state index in [1.165, 1.54) is 32.1 Å². The van der Waals surface area contributed by atoms with Gasteiger partial charge in [0.2, 0.25) is 0 Å². The Morgan fingerprint density at radius 2 is 1.72 bits per heavy atom. The van der Waals surface area contributed by atoms with Gasteiger partial charge in [0, 0.05) is 37.9 Å². The Hall–Kier alpha value is -3.12. The van der Waals surface area contributed by atoms with E-state index in [1.807, 2.05) is 56.6 Å². The van der Waals surface area contributed by atoms with Crippen LogP contribution >= 0.6 is 0 Å². The van der Waals surface area contributed by atoms with Gasteiger partial charge in [-0.25, -0.2) is 0 Å². The first-order valence-corrected chi connectivity index (χ1v) is 11.3. The van der Waals surface area contributed by atoms with E-state index in [0.29, 0.717) is 12.3 Å². The summed E-state index contributed by atoms with van der Waals surface area (Å²) in [6, 6.07) is 14.1. The summed E-state index contributed by atoms with van der Waals surface area (Å²) in [5.41, 5.74) is 4.35. The van der Waals surface area contributed by atoms with Crippen molar-refractivity contribution >= 4 is 35.3 Å². The molecule has 0 heterocycles. The highest BCUT2D eigenvalue weighted by Crippen LogP contribution is 2.28. The molecule has 0 unspecified atom stereocenters. The maximum absolute atomic E-state index is 13.0. The molecule has 0 saturated heterocycles. The predicted octanol–water partition coefficient (Wildman–Crippen LogP) is 4.76. The van der Waals surface area contributed by atoms with E-state index in [9.17, 15) is 9.59 Å². The fourth-order valence-corrected chi connectivity index (χ4v) is 4.39. The summed E-state index contributed by atoms with van der Waals surface area (Å²) < 4.78 is 0. The number of aldehydes is 1. The molecule has 6 nitrogen and oxygen atoms in total. The Morgan fingerprint density at radius 3 is 2.41 bits per heavy atom. The number of rotatable bonds is 9. The van der Waals surface area contributed by atoms with Gasteiger partial charge in [0.15, 0.2) is 6.29 Å². The lowest BCUT2D eigenvalue weighted by Gasteiger charge is -2.31. The molecule has 1 aliphatic carbocycles. The van der Waals surface area contributed by atoms with Gasteiger partial charge >= 0.3 is 0 Å². The number of hydrogen-bond acceptors (Lipinski definition) is 5. The minimum absolute atomic E-state index is 0.0743. The van der Waals surface area contributed by atoms with Crippen molar-refractivity contribution in [3.05, 3.63) is 59.2 Å². The van der Waals surface area contributed by atoms with Crippen LogP contribution in [0, 0.1) is 0 Å². The van der Waals surface area contributed by atoms with Crippen LogP contribution in [-0.2, 0) is 16.1 Å². The molecule has 0 aliphatic heterocycles. The maximum Gasteiger partial charge on any atom is 0.259 e. The second-order valence-electron chi connectivity index (χ2n) is 8.31. The van der Waals surface area contributed by atoms with Gasteiger partial charge in [-0.1, -0.05) is 49.6 Å². The summed E-state index contributed by atoms with van der Waals surface area (Å²) in [6.07, 6.45) is 8.56. The molecule has 1 saturated carbocycles. The van der Waals surface area contributed by atoms with Crippen molar-refractivity contribution in [2.24, 2.45) is 0 Å². The van der Waals surface area contributed by atoms with Crippen LogP contribution in [0.2, 0.25) is 0 Å². The van der Waals surface area contributed by atoms with Crippen molar-refractivity contribution in [3.63, 3.8) is 0 Å². The number of benzene rings is 2. The van der Waals surface area contributed by atoms with Gasteiger partial charge in [0.05, 0.1) is 16.9 Å². The van der Waals surface area contributed by atoms with E-state index in [4.69, 9.17) is 0 Å². The van der Waals surface area contributed by atoms with Gasteiger partial charge in [0.25, 0.3) is 5.91 Å². The molecule has 3 rings (SSSR count). The molecule has 3 N–H and O–H groups in total. The van der Waals surface area contributed by atoms with Crippen LogP contribution < -0.4 is 16.0 Å². The summed E-state index contributed by atoms with van der Waals surface area (Å²) in [7, 11) is 5.80. The molecule has 0 bridgehead atoms. The first-order valence-electron chi connectivity index (χ1n) is 11.3. The standard InChI is InChI=1S/C26H34N4O2/c1-27-24-15-9-11-19(25(24)28-2)16-21(18-31)26(32)29-23-14-8-7-10-20(23)17-30(3)22-12-5-4-6-13-22/h7-11,14-16,18,22,27-28H,4-6,12-13,17H2,1-3H3,(H,29,32)/b21-16+. The Morgan fingerprint density at radius 1 is 1.00 bits per heavy atom. The van der Waals surface area contributed by atoms with Crippen molar-refractivity contribution in [1.82, 2.24) is 4.90 Å². The van der Waals surface area contributed by atoms with Gasteiger partial charge in [0.1, 0.15) is 0 Å². The number of para-hydroxylation sites is 2. The van der Waals surface area contributed by atoms with Gasteiger partial charge < -0.3 is 16.0 Å². The van der Waals surface area contributed by atoms with E-state index >= 15 is 0 Å². The summed E-state index contributed by atoms with van der Waals surface area (Å²) in [5, 5.41) is 9.20. The number of nitrogens with zero attached hydrogens (tertiary/aromatic N) is 1. The fraction of sp³-hybridized carbons (Fsp3) is 0.385. The molecule has 6 heteroatoms. The Balaban J connectivity index is 1.79. The molecule has 1 fully saturated rings. The van der Waals surface area contributed by atoms with E-state index in [2.05, 4.69) is 27.9 Å². The minimum Gasteiger partial charge on any atom is -0.386 e. The van der Waals surface area contributed by atoms with Crippen LogP contribution in [0.1, 0.15) is 43.2 Å². The smallest absolute Gasteiger partial charge is 0.259 e. The van der Waals surface area contributed by atoms with E-state index in [1.54, 1.807) is 6.08 Å². The topological polar surface area (TPSA) is 73.5 Å². The first-order chi connectivity index (χ1) is 15.6. The van der Waals surface area contributed by atoms with Gasteiger partial charge in [-0.05, 0) is 43.7 Å². The molecule has 0 aromatic heterocycles. The fourth-order valence-electron chi connectivity index (χ4n) is 4.39. The Kier molecular flexibility index (Phi) is 8.45. The molecule has 0 radical (unpaired) electrons. The lowest BCUT2D eigenvalue weighted by Crippen LogP contribution is -2.33. The monoisotopic (exact) mass is 434 g/mol. The highest BCUT2D eigenvalue weighted by Gasteiger charge is 2.19. The second kappa shape index (κ2) is 11.5. The normalized spacial score (nSPS) is 14.8. The maximum atomic E-state index is 13.0. The third-order valence-corrected chi connectivity index (χ3v) is 6.20. The van der Waals surface area contributed by atoms with Crippen LogP contribution in [-0.4, -0.2) is 44.3 Å². The molecule has 1 amide bonds. The second-order valence-corrected chi connectivity index (χ2v) is 8.31. The summed E-state index contributed by atoms with van der Waals surface area (Å²) in [6.45, 7) is 0.759. The molecule has 2 aromatic carbocycles. The van der Waals surface area contributed by atoms with Crippen LogP contribution in [0.15, 0.2) is 48.0 Å². The summed E-state index contributed by atoms with van der Waals surface area (Å²) >= 11 is 0. The predicted molar refractivity (Wildman–Crippen MR) is 133 cm³/mol. The third-order valence-electron chi connectivity index (χ3n) is 6.20. The molecule has 32 heavy (non-hydrogen) atoms. The van der Waals surface area contributed by atoms with Crippen molar-refractivity contribution < 1.29 is 9.59 Å². The van der Waals surface area contributed by atoms with Crippen molar-refractivity contribution in [3.8, 4) is 0 Å². The van der Waals surface area contributed by atoms with E-state index in [-0.39, 0.29) is 5.57 Å². The average molecular weight is 435 g/mol. The Bertz CT molecular complexity index is 964. The van der Waals surface area contributed by atoms with Gasteiger partial charge in [-0.15, -0.1) is 0 Å². The molecule has 0 atom stereocenters. The lowest BCUT2D eigenvalue weighted by atomic mass is 9.94. The van der Waals surface area contributed by atoms with Crippen LogP contribution in [0.5, 0.6) is 0 Å². The SMILES string of the molecule is CNc1cccc(/C=C(\C=O)C(=O)Nc2ccccc2CN(C)C2CCCCC2)c1NC. The number of carbonyl (C=O) groups excluding carboxylic acids is 2. The van der Waals surface area contributed by atoms with Crippen LogP contribution in [0.4, 0.5) is 17.1 Å². The molecular weight excluding hydrogens is 400 g/mol. The zero-order valence-corrected chi connectivity index (χ0v) is 19.3. The molecule has 0 spiro atoms. The zero-order valence-electron chi connectivity index (χ0n) is 19.3. The largest absolute Gasteiger partial charge is 0.386 e. The number of hydrogen-bond donors (Lipinski definition) is 3. The number of nitrogens with one attached hydrogen (secondary N) is 3. The lowest BCUT2D eigenvalue weighted by molar-refractivity contribution is -0.115. The highest BCUT2D eigenvalue weighted by atomic mass is 16.2. The molecule has 170 valence electrons. The van der Waals surface area contributed by atoms with Crippen LogP contribution in [0.25, 0.3) is 6.08 Å².